The summed E-state index contributed by atoms with van der Waals surface area (Å²) in [6, 6.07) is 0. The molecule has 18 heavy (non-hydrogen) atoms. The van der Waals surface area contributed by atoms with Crippen molar-refractivity contribution in [2.45, 2.75) is 20.3 Å². The quantitative estimate of drug-likeness (QED) is 0.617. The molecule has 0 spiro atoms. The van der Waals surface area contributed by atoms with Gasteiger partial charge in [-0.3, -0.25) is 0 Å². The maximum absolute atomic E-state index is 12.3. The van der Waals surface area contributed by atoms with Crippen molar-refractivity contribution in [1.29, 1.82) is 0 Å². The molecule has 0 saturated carbocycles. The second-order valence-electron chi connectivity index (χ2n) is 4.72. The largest absolute Gasteiger partial charge is 0.383 e. The molecule has 0 aromatic heterocycles. The van der Waals surface area contributed by atoms with Gasteiger partial charge in [0.1, 0.15) is 0 Å². The Morgan fingerprint density at radius 2 is 1.89 bits per heavy atom. The highest BCUT2D eigenvalue weighted by Crippen LogP contribution is 2.10. The van der Waals surface area contributed by atoms with Gasteiger partial charge in [-0.15, -0.1) is 0 Å². The summed E-state index contributed by atoms with van der Waals surface area (Å²) in [7, 11) is -0.253. The molecule has 0 aromatic carbocycles. The van der Waals surface area contributed by atoms with Crippen LogP contribution in [0.4, 0.5) is 0 Å². The zero-order valence-electron chi connectivity index (χ0n) is 11.9. The van der Waals surface area contributed by atoms with Crippen LogP contribution >= 0.6 is 0 Å². The highest BCUT2D eigenvalue weighted by atomic mass is 32.2. The molecule has 7 heteroatoms. The van der Waals surface area contributed by atoms with Crippen LogP contribution < -0.4 is 5.73 Å². The van der Waals surface area contributed by atoms with Gasteiger partial charge < -0.3 is 10.5 Å². The van der Waals surface area contributed by atoms with E-state index in [1.807, 2.05) is 13.8 Å². The smallest absolute Gasteiger partial charge is 0.281 e. The van der Waals surface area contributed by atoms with Gasteiger partial charge in [0.25, 0.3) is 10.2 Å². The molecule has 0 aliphatic carbocycles. The van der Waals surface area contributed by atoms with E-state index in [1.165, 1.54) is 8.61 Å². The number of nitrogens with two attached hydrogens (primary N) is 1. The van der Waals surface area contributed by atoms with Crippen LogP contribution in [0.25, 0.3) is 0 Å². The van der Waals surface area contributed by atoms with E-state index >= 15 is 0 Å². The lowest BCUT2D eigenvalue weighted by atomic mass is 10.2. The normalized spacial score (nSPS) is 12.9. The average molecular weight is 281 g/mol. The summed E-state index contributed by atoms with van der Waals surface area (Å²) in [5, 5.41) is 0. The van der Waals surface area contributed by atoms with E-state index in [1.54, 1.807) is 14.2 Å². The first-order chi connectivity index (χ1) is 8.36. The van der Waals surface area contributed by atoms with Crippen molar-refractivity contribution < 1.29 is 13.2 Å². The lowest BCUT2D eigenvalue weighted by Gasteiger charge is -2.28. The fourth-order valence-electron chi connectivity index (χ4n) is 1.53. The predicted octanol–water partition coefficient (Wildman–Crippen LogP) is 0.116. The Hall–Kier alpha value is -0.210. The van der Waals surface area contributed by atoms with Crippen LogP contribution in [0.2, 0.25) is 0 Å². The van der Waals surface area contributed by atoms with E-state index in [0.29, 0.717) is 39.2 Å². The Bertz CT molecular complexity index is 307. The molecule has 0 fully saturated rings. The first kappa shape index (κ1) is 17.8. The van der Waals surface area contributed by atoms with Crippen LogP contribution in [0.3, 0.4) is 0 Å². The van der Waals surface area contributed by atoms with Crippen molar-refractivity contribution in [3.8, 4) is 0 Å². The van der Waals surface area contributed by atoms with Gasteiger partial charge in [0.15, 0.2) is 0 Å². The molecule has 0 aliphatic heterocycles. The molecule has 0 aliphatic rings. The first-order valence-electron chi connectivity index (χ1n) is 6.26. The summed E-state index contributed by atoms with van der Waals surface area (Å²) in [4.78, 5) is 0. The van der Waals surface area contributed by atoms with Gasteiger partial charge in [0, 0.05) is 33.8 Å². The van der Waals surface area contributed by atoms with Crippen molar-refractivity contribution in [1.82, 2.24) is 8.61 Å². The van der Waals surface area contributed by atoms with E-state index in [0.717, 1.165) is 0 Å². The third-order valence-corrected chi connectivity index (χ3v) is 4.47. The molecular formula is C11H27N3O3S. The number of methoxy groups -OCH3 is 1. The minimum atomic E-state index is -3.41. The maximum Gasteiger partial charge on any atom is 0.281 e. The molecule has 0 heterocycles. The molecule has 0 saturated heterocycles. The topological polar surface area (TPSA) is 75.9 Å². The third kappa shape index (κ3) is 6.10. The fourth-order valence-corrected chi connectivity index (χ4v) is 3.07. The van der Waals surface area contributed by atoms with Gasteiger partial charge in [-0.1, -0.05) is 13.8 Å². The first-order valence-corrected chi connectivity index (χ1v) is 7.66. The minimum absolute atomic E-state index is 0.277. The van der Waals surface area contributed by atoms with Gasteiger partial charge in [-0.2, -0.15) is 17.0 Å². The standard InChI is InChI=1S/C11H27N3O3S/c1-11(2)10-14(8-9-17-4)18(15,16)13(3)7-5-6-12/h11H,5-10,12H2,1-4H3. The number of rotatable bonds is 10. The van der Waals surface area contributed by atoms with Gasteiger partial charge in [0.05, 0.1) is 6.61 Å². The average Bonchev–Trinajstić information content (AvgIpc) is 2.30. The number of hydrogen-bond donors (Lipinski definition) is 1. The Balaban J connectivity index is 4.71. The monoisotopic (exact) mass is 281 g/mol. The number of hydrogen-bond acceptors (Lipinski definition) is 4. The Labute approximate surface area is 111 Å². The molecule has 0 aromatic rings. The highest BCUT2D eigenvalue weighted by Gasteiger charge is 2.26. The SMILES string of the molecule is COCCN(CC(C)C)S(=O)(=O)N(C)CCCN. The molecule has 0 amide bonds. The Morgan fingerprint density at radius 1 is 1.28 bits per heavy atom. The van der Waals surface area contributed by atoms with E-state index in [-0.39, 0.29) is 5.92 Å². The number of ether oxygens (including phenoxy) is 1. The van der Waals surface area contributed by atoms with Gasteiger partial charge in [-0.25, -0.2) is 0 Å². The Kier molecular flexibility index (Phi) is 8.71. The van der Waals surface area contributed by atoms with Crippen LogP contribution in [-0.2, 0) is 14.9 Å². The van der Waals surface area contributed by atoms with E-state index in [2.05, 4.69) is 0 Å². The van der Waals surface area contributed by atoms with Crippen molar-refractivity contribution in [2.24, 2.45) is 11.7 Å². The molecule has 0 unspecified atom stereocenters. The summed E-state index contributed by atoms with van der Waals surface area (Å²) >= 11 is 0. The van der Waals surface area contributed by atoms with E-state index < -0.39 is 10.2 Å². The summed E-state index contributed by atoms with van der Waals surface area (Å²) in [6.07, 6.45) is 0.662. The summed E-state index contributed by atoms with van der Waals surface area (Å²) < 4.78 is 32.5. The van der Waals surface area contributed by atoms with Gasteiger partial charge in [0.2, 0.25) is 0 Å². The van der Waals surface area contributed by atoms with Crippen LogP contribution in [0.1, 0.15) is 20.3 Å². The van der Waals surface area contributed by atoms with Crippen LogP contribution in [0, 0.1) is 5.92 Å². The van der Waals surface area contributed by atoms with Crippen molar-refractivity contribution in [3.05, 3.63) is 0 Å². The van der Waals surface area contributed by atoms with Crippen LogP contribution in [-0.4, -0.2) is 64.0 Å². The van der Waals surface area contributed by atoms with E-state index in [9.17, 15) is 8.42 Å². The van der Waals surface area contributed by atoms with Crippen molar-refractivity contribution >= 4 is 10.2 Å². The number of nitrogens with zero attached hydrogens (tertiary/aromatic N) is 2. The minimum Gasteiger partial charge on any atom is -0.383 e. The highest BCUT2D eigenvalue weighted by molar-refractivity contribution is 7.86. The zero-order chi connectivity index (χ0) is 14.2. The summed E-state index contributed by atoms with van der Waals surface area (Å²) in [5.74, 6) is 0.277. The summed E-state index contributed by atoms with van der Waals surface area (Å²) in [5.41, 5.74) is 5.40. The van der Waals surface area contributed by atoms with Crippen molar-refractivity contribution in [3.63, 3.8) is 0 Å². The molecule has 0 bridgehead atoms. The molecule has 0 radical (unpaired) electrons. The summed E-state index contributed by atoms with van der Waals surface area (Å²) in [6.45, 7) is 6.20. The van der Waals surface area contributed by atoms with Crippen LogP contribution in [0.15, 0.2) is 0 Å². The van der Waals surface area contributed by atoms with Gasteiger partial charge in [-0.05, 0) is 18.9 Å². The lowest BCUT2D eigenvalue weighted by molar-refractivity contribution is 0.172. The van der Waals surface area contributed by atoms with E-state index in [4.69, 9.17) is 10.5 Å². The predicted molar refractivity (Wildman–Crippen MR) is 73.5 cm³/mol. The lowest BCUT2D eigenvalue weighted by Crippen LogP contribution is -2.45. The second kappa shape index (κ2) is 8.82. The third-order valence-electron chi connectivity index (χ3n) is 2.51. The fraction of sp³-hybridized carbons (Fsp3) is 1.00. The van der Waals surface area contributed by atoms with Gasteiger partial charge >= 0.3 is 0 Å². The molecule has 110 valence electrons. The molecule has 6 nitrogen and oxygen atoms in total. The Morgan fingerprint density at radius 3 is 2.33 bits per heavy atom. The van der Waals surface area contributed by atoms with Crippen molar-refractivity contribution in [2.75, 3.05) is 46.9 Å². The zero-order valence-corrected chi connectivity index (χ0v) is 12.7. The van der Waals surface area contributed by atoms with Crippen LogP contribution in [0.5, 0.6) is 0 Å². The molecule has 2 N–H and O–H groups in total. The molecule has 0 atom stereocenters. The second-order valence-corrected chi connectivity index (χ2v) is 6.75. The maximum atomic E-state index is 12.3. The molecule has 0 rings (SSSR count). The molecular weight excluding hydrogens is 254 g/mol.